The first-order valence-electron chi connectivity index (χ1n) is 5.80. The first kappa shape index (κ1) is 14.0. The van der Waals surface area contributed by atoms with Crippen LogP contribution in [0.1, 0.15) is 0 Å². The maximum absolute atomic E-state index is 12.2. The zero-order valence-corrected chi connectivity index (χ0v) is 11.0. The van der Waals surface area contributed by atoms with Crippen molar-refractivity contribution in [2.45, 2.75) is 10.9 Å². The third-order valence-corrected chi connectivity index (χ3v) is 4.38. The van der Waals surface area contributed by atoms with E-state index in [0.717, 1.165) is 5.39 Å². The Morgan fingerprint density at radius 1 is 1.00 bits per heavy atom. The zero-order valence-electron chi connectivity index (χ0n) is 10.2. The summed E-state index contributed by atoms with van der Waals surface area (Å²) in [5, 5.41) is 19.3. The standard InChI is InChI=1S/C13H15NO4S/c15-8-11(9-16)14-19(17,18)13-7-3-5-10-4-1-2-6-12(10)13/h1-7,11,14-16H,8-9H2. The lowest BCUT2D eigenvalue weighted by atomic mass is 10.1. The molecule has 0 aliphatic rings. The molecule has 2 aromatic carbocycles. The first-order valence-corrected chi connectivity index (χ1v) is 7.28. The Morgan fingerprint density at radius 3 is 2.32 bits per heavy atom. The predicted octanol–water partition coefficient (Wildman–Crippen LogP) is 0.471. The highest BCUT2D eigenvalue weighted by Gasteiger charge is 2.20. The molecule has 0 saturated carbocycles. The van der Waals surface area contributed by atoms with E-state index in [2.05, 4.69) is 4.72 Å². The molecule has 0 radical (unpaired) electrons. The lowest BCUT2D eigenvalue weighted by Crippen LogP contribution is -2.40. The van der Waals surface area contributed by atoms with Gasteiger partial charge < -0.3 is 10.2 Å². The Labute approximate surface area is 111 Å². The number of rotatable bonds is 5. The molecular formula is C13H15NO4S. The molecule has 0 fully saturated rings. The minimum Gasteiger partial charge on any atom is -0.395 e. The molecule has 0 unspecified atom stereocenters. The molecule has 3 N–H and O–H groups in total. The number of aliphatic hydroxyl groups is 2. The molecule has 0 heterocycles. The summed E-state index contributed by atoms with van der Waals surface area (Å²) in [6.07, 6.45) is 0. The highest BCUT2D eigenvalue weighted by atomic mass is 32.2. The fourth-order valence-corrected chi connectivity index (χ4v) is 3.29. The van der Waals surface area contributed by atoms with E-state index in [1.807, 2.05) is 18.2 Å². The highest BCUT2D eigenvalue weighted by Crippen LogP contribution is 2.22. The maximum atomic E-state index is 12.2. The van der Waals surface area contributed by atoms with Crippen LogP contribution in [0.5, 0.6) is 0 Å². The molecule has 0 aromatic heterocycles. The van der Waals surface area contributed by atoms with E-state index in [-0.39, 0.29) is 4.90 Å². The molecule has 0 atom stereocenters. The number of hydrogen-bond donors (Lipinski definition) is 3. The van der Waals surface area contributed by atoms with Crippen LogP contribution in [0.3, 0.4) is 0 Å². The Bertz CT molecular complexity index is 660. The van der Waals surface area contributed by atoms with Gasteiger partial charge in [-0.3, -0.25) is 0 Å². The number of aliphatic hydroxyl groups excluding tert-OH is 2. The van der Waals surface area contributed by atoms with Crippen molar-refractivity contribution in [2.75, 3.05) is 13.2 Å². The molecule has 2 rings (SSSR count). The average molecular weight is 281 g/mol. The van der Waals surface area contributed by atoms with E-state index in [4.69, 9.17) is 10.2 Å². The molecule has 0 saturated heterocycles. The Morgan fingerprint density at radius 2 is 1.63 bits per heavy atom. The van der Waals surface area contributed by atoms with E-state index < -0.39 is 29.3 Å². The van der Waals surface area contributed by atoms with Gasteiger partial charge in [0.1, 0.15) is 0 Å². The van der Waals surface area contributed by atoms with Crippen molar-refractivity contribution in [1.82, 2.24) is 4.72 Å². The van der Waals surface area contributed by atoms with Gasteiger partial charge in [0.15, 0.2) is 0 Å². The van der Waals surface area contributed by atoms with Gasteiger partial charge in [-0.1, -0.05) is 36.4 Å². The SMILES string of the molecule is O=S(=O)(NC(CO)CO)c1cccc2ccccc12. The van der Waals surface area contributed by atoms with Crippen molar-refractivity contribution in [3.8, 4) is 0 Å². The van der Waals surface area contributed by atoms with Crippen LogP contribution in [0.2, 0.25) is 0 Å². The number of fused-ring (bicyclic) bond motifs is 1. The van der Waals surface area contributed by atoms with Gasteiger partial charge in [0.25, 0.3) is 0 Å². The second-order valence-corrected chi connectivity index (χ2v) is 5.84. The van der Waals surface area contributed by atoms with E-state index in [1.54, 1.807) is 18.2 Å². The number of benzene rings is 2. The lowest BCUT2D eigenvalue weighted by molar-refractivity contribution is 0.185. The van der Waals surface area contributed by atoms with Gasteiger partial charge in [-0.15, -0.1) is 0 Å². The van der Waals surface area contributed by atoms with E-state index in [0.29, 0.717) is 5.39 Å². The van der Waals surface area contributed by atoms with Crippen molar-refractivity contribution < 1.29 is 18.6 Å². The number of sulfonamides is 1. The van der Waals surface area contributed by atoms with Crippen molar-refractivity contribution >= 4 is 20.8 Å². The molecule has 0 aliphatic carbocycles. The summed E-state index contributed by atoms with van der Waals surface area (Å²) in [6.45, 7) is -0.916. The summed E-state index contributed by atoms with van der Waals surface area (Å²) in [5.74, 6) is 0. The largest absolute Gasteiger partial charge is 0.395 e. The van der Waals surface area contributed by atoms with E-state index in [1.165, 1.54) is 6.07 Å². The predicted molar refractivity (Wildman–Crippen MR) is 72.2 cm³/mol. The van der Waals surface area contributed by atoms with Crippen LogP contribution in [0.4, 0.5) is 0 Å². The average Bonchev–Trinajstić information content (AvgIpc) is 2.44. The smallest absolute Gasteiger partial charge is 0.241 e. The summed E-state index contributed by atoms with van der Waals surface area (Å²) >= 11 is 0. The minimum absolute atomic E-state index is 0.137. The molecule has 5 nitrogen and oxygen atoms in total. The molecule has 0 amide bonds. The number of hydrogen-bond acceptors (Lipinski definition) is 4. The summed E-state index contributed by atoms with van der Waals surface area (Å²) in [7, 11) is -3.78. The second kappa shape index (κ2) is 5.66. The Balaban J connectivity index is 2.49. The zero-order chi connectivity index (χ0) is 13.9. The van der Waals surface area contributed by atoms with E-state index in [9.17, 15) is 8.42 Å². The van der Waals surface area contributed by atoms with E-state index >= 15 is 0 Å². The van der Waals surface area contributed by atoms with Crippen molar-refractivity contribution in [3.63, 3.8) is 0 Å². The van der Waals surface area contributed by atoms with Crippen LogP contribution in [0.25, 0.3) is 10.8 Å². The quantitative estimate of drug-likeness (QED) is 0.743. The van der Waals surface area contributed by atoms with Crippen LogP contribution in [0.15, 0.2) is 47.4 Å². The van der Waals surface area contributed by atoms with Crippen LogP contribution in [-0.2, 0) is 10.0 Å². The molecule has 0 aliphatic heterocycles. The van der Waals surface area contributed by atoms with Crippen molar-refractivity contribution in [2.24, 2.45) is 0 Å². The topological polar surface area (TPSA) is 86.6 Å². The summed E-state index contributed by atoms with van der Waals surface area (Å²) in [4.78, 5) is 0.137. The van der Waals surface area contributed by atoms with Crippen LogP contribution < -0.4 is 4.72 Å². The minimum atomic E-state index is -3.78. The fourth-order valence-electron chi connectivity index (χ4n) is 1.85. The molecule has 102 valence electrons. The molecule has 6 heteroatoms. The monoisotopic (exact) mass is 281 g/mol. The molecular weight excluding hydrogens is 266 g/mol. The summed E-state index contributed by atoms with van der Waals surface area (Å²) in [6, 6.07) is 11.2. The van der Waals surface area contributed by atoms with Crippen LogP contribution >= 0.6 is 0 Å². The van der Waals surface area contributed by atoms with Crippen LogP contribution in [-0.4, -0.2) is 37.9 Å². The molecule has 19 heavy (non-hydrogen) atoms. The van der Waals surface area contributed by atoms with Gasteiger partial charge >= 0.3 is 0 Å². The Kier molecular flexibility index (Phi) is 4.16. The molecule has 0 bridgehead atoms. The summed E-state index contributed by atoms with van der Waals surface area (Å²) in [5.41, 5.74) is 0. The third-order valence-electron chi connectivity index (χ3n) is 2.80. The highest BCUT2D eigenvalue weighted by molar-refractivity contribution is 7.89. The van der Waals surface area contributed by atoms with Gasteiger partial charge in [-0.05, 0) is 11.5 Å². The van der Waals surface area contributed by atoms with Crippen molar-refractivity contribution in [1.29, 1.82) is 0 Å². The normalized spacial score (nSPS) is 12.2. The Hall–Kier alpha value is -1.47. The summed E-state index contributed by atoms with van der Waals surface area (Å²) < 4.78 is 26.8. The van der Waals surface area contributed by atoms with Crippen molar-refractivity contribution in [3.05, 3.63) is 42.5 Å². The first-order chi connectivity index (χ1) is 9.08. The second-order valence-electron chi connectivity index (χ2n) is 4.16. The van der Waals surface area contributed by atoms with Gasteiger partial charge in [-0.25, -0.2) is 13.1 Å². The van der Waals surface area contributed by atoms with Gasteiger partial charge in [-0.2, -0.15) is 0 Å². The molecule has 2 aromatic rings. The number of nitrogens with one attached hydrogen (secondary N) is 1. The van der Waals surface area contributed by atoms with Gasteiger partial charge in [0, 0.05) is 5.39 Å². The van der Waals surface area contributed by atoms with Gasteiger partial charge in [0.2, 0.25) is 10.0 Å². The third kappa shape index (κ3) is 2.93. The van der Waals surface area contributed by atoms with Gasteiger partial charge in [0.05, 0.1) is 24.2 Å². The lowest BCUT2D eigenvalue weighted by Gasteiger charge is -2.15. The van der Waals surface area contributed by atoms with Crippen LogP contribution in [0, 0.1) is 0 Å². The fraction of sp³-hybridized carbons (Fsp3) is 0.231. The molecule has 0 spiro atoms. The maximum Gasteiger partial charge on any atom is 0.241 e.